The number of benzene rings is 1. The van der Waals surface area contributed by atoms with E-state index in [4.69, 9.17) is 0 Å². The van der Waals surface area contributed by atoms with Gasteiger partial charge in [0.05, 0.1) is 5.69 Å². The Kier molecular flexibility index (Phi) is 6.52. The van der Waals surface area contributed by atoms with Crippen LogP contribution in [0.25, 0.3) is 0 Å². The normalized spacial score (nSPS) is 13.7. The van der Waals surface area contributed by atoms with Crippen LogP contribution in [0.15, 0.2) is 24.3 Å². The van der Waals surface area contributed by atoms with Crippen molar-refractivity contribution in [3.8, 4) is 0 Å². The Balaban J connectivity index is 1.65. The SMILES string of the molecule is CN(C)c1cc(C(=O)N2CCN(C(=O)Nc3ccc(F)cc3F)CC2)nc(N(C)C)n1. The number of hydrogen-bond acceptors (Lipinski definition) is 6. The number of halogens is 2. The molecule has 0 unspecified atom stereocenters. The van der Waals surface area contributed by atoms with Crippen LogP contribution in [-0.2, 0) is 0 Å². The molecule has 1 saturated heterocycles. The second-order valence-corrected chi connectivity index (χ2v) is 7.53. The summed E-state index contributed by atoms with van der Waals surface area (Å²) in [4.78, 5) is 40.8. The zero-order chi connectivity index (χ0) is 22.7. The van der Waals surface area contributed by atoms with Gasteiger partial charge in [-0.15, -0.1) is 0 Å². The van der Waals surface area contributed by atoms with Crippen LogP contribution in [0.2, 0.25) is 0 Å². The molecular formula is C20H25F2N7O2. The van der Waals surface area contributed by atoms with Crippen LogP contribution in [0, 0.1) is 11.6 Å². The van der Waals surface area contributed by atoms with Crippen molar-refractivity contribution in [2.45, 2.75) is 0 Å². The molecule has 0 bridgehead atoms. The van der Waals surface area contributed by atoms with Crippen LogP contribution < -0.4 is 15.1 Å². The molecule has 1 fully saturated rings. The lowest BCUT2D eigenvalue weighted by molar-refractivity contribution is 0.0666. The van der Waals surface area contributed by atoms with Gasteiger partial charge in [0.2, 0.25) is 5.95 Å². The van der Waals surface area contributed by atoms with Gasteiger partial charge in [-0.1, -0.05) is 0 Å². The fourth-order valence-electron chi connectivity index (χ4n) is 3.02. The highest BCUT2D eigenvalue weighted by molar-refractivity contribution is 5.94. The molecule has 1 aromatic heterocycles. The van der Waals surface area contributed by atoms with Gasteiger partial charge in [0.25, 0.3) is 5.91 Å². The Morgan fingerprint density at radius 1 is 0.935 bits per heavy atom. The molecule has 3 amide bonds. The minimum atomic E-state index is -0.848. The third kappa shape index (κ3) is 5.16. The number of carbonyl (C=O) groups excluding carboxylic acids is 2. The number of aromatic nitrogens is 2. The van der Waals surface area contributed by atoms with Gasteiger partial charge >= 0.3 is 6.03 Å². The van der Waals surface area contributed by atoms with Gasteiger partial charge in [0.15, 0.2) is 0 Å². The predicted molar refractivity (Wildman–Crippen MR) is 114 cm³/mol. The summed E-state index contributed by atoms with van der Waals surface area (Å²) >= 11 is 0. The first kappa shape index (κ1) is 22.2. The van der Waals surface area contributed by atoms with E-state index in [0.717, 1.165) is 6.07 Å². The van der Waals surface area contributed by atoms with E-state index >= 15 is 0 Å². The lowest BCUT2D eigenvalue weighted by atomic mass is 10.2. The average Bonchev–Trinajstić information content (AvgIpc) is 2.74. The third-order valence-corrected chi connectivity index (χ3v) is 4.80. The number of rotatable bonds is 4. The van der Waals surface area contributed by atoms with E-state index < -0.39 is 17.7 Å². The molecule has 31 heavy (non-hydrogen) atoms. The van der Waals surface area contributed by atoms with Crippen molar-refractivity contribution in [1.29, 1.82) is 0 Å². The number of nitrogens with one attached hydrogen (secondary N) is 1. The fraction of sp³-hybridized carbons (Fsp3) is 0.400. The quantitative estimate of drug-likeness (QED) is 0.793. The molecule has 3 rings (SSSR count). The monoisotopic (exact) mass is 433 g/mol. The molecule has 0 saturated carbocycles. The van der Waals surface area contributed by atoms with Gasteiger partial charge < -0.3 is 24.9 Å². The minimum Gasteiger partial charge on any atom is -0.363 e. The van der Waals surface area contributed by atoms with Crippen molar-refractivity contribution in [2.75, 3.05) is 69.5 Å². The molecule has 166 valence electrons. The molecule has 1 aliphatic rings. The Morgan fingerprint density at radius 2 is 1.58 bits per heavy atom. The second kappa shape index (κ2) is 9.11. The van der Waals surface area contributed by atoms with E-state index in [2.05, 4.69) is 15.3 Å². The summed E-state index contributed by atoms with van der Waals surface area (Å²) in [6.45, 7) is 1.15. The van der Waals surface area contributed by atoms with E-state index in [1.165, 1.54) is 11.0 Å². The van der Waals surface area contributed by atoms with Crippen molar-refractivity contribution in [2.24, 2.45) is 0 Å². The summed E-state index contributed by atoms with van der Waals surface area (Å²) < 4.78 is 26.8. The van der Waals surface area contributed by atoms with Crippen LogP contribution in [0.5, 0.6) is 0 Å². The Labute approximate surface area is 179 Å². The van der Waals surface area contributed by atoms with E-state index in [1.54, 1.807) is 34.9 Å². The average molecular weight is 433 g/mol. The van der Waals surface area contributed by atoms with Crippen LogP contribution in [0.4, 0.5) is 31.0 Å². The molecular weight excluding hydrogens is 408 g/mol. The largest absolute Gasteiger partial charge is 0.363 e. The minimum absolute atomic E-state index is 0.0988. The van der Waals surface area contributed by atoms with Gasteiger partial charge in [0.1, 0.15) is 23.1 Å². The lowest BCUT2D eigenvalue weighted by Crippen LogP contribution is -2.51. The van der Waals surface area contributed by atoms with Crippen molar-refractivity contribution in [3.63, 3.8) is 0 Å². The number of amides is 3. The van der Waals surface area contributed by atoms with Crippen molar-refractivity contribution >= 4 is 29.4 Å². The Bertz CT molecular complexity index is 950. The summed E-state index contributed by atoms with van der Waals surface area (Å²) in [5.41, 5.74) is 0.173. The van der Waals surface area contributed by atoms with Crippen molar-refractivity contribution in [1.82, 2.24) is 19.8 Å². The van der Waals surface area contributed by atoms with Crippen LogP contribution in [0.1, 0.15) is 10.5 Å². The molecule has 9 nitrogen and oxygen atoms in total. The van der Waals surface area contributed by atoms with Crippen LogP contribution >= 0.6 is 0 Å². The highest BCUT2D eigenvalue weighted by Crippen LogP contribution is 2.18. The Hall–Kier alpha value is -3.50. The molecule has 0 aliphatic carbocycles. The van der Waals surface area contributed by atoms with Gasteiger partial charge in [0, 0.05) is 66.5 Å². The van der Waals surface area contributed by atoms with E-state index in [0.29, 0.717) is 30.9 Å². The summed E-state index contributed by atoms with van der Waals surface area (Å²) in [7, 11) is 7.25. The molecule has 2 aromatic rings. The third-order valence-electron chi connectivity index (χ3n) is 4.80. The molecule has 0 spiro atoms. The maximum absolute atomic E-state index is 13.8. The zero-order valence-corrected chi connectivity index (χ0v) is 17.9. The van der Waals surface area contributed by atoms with Gasteiger partial charge in [-0.3, -0.25) is 4.79 Å². The molecule has 1 aliphatic heterocycles. The summed E-state index contributed by atoms with van der Waals surface area (Å²) in [5.74, 6) is -0.782. The van der Waals surface area contributed by atoms with Gasteiger partial charge in [-0.2, -0.15) is 4.98 Å². The fourth-order valence-corrected chi connectivity index (χ4v) is 3.02. The summed E-state index contributed by atoms with van der Waals surface area (Å²) in [6.07, 6.45) is 0. The zero-order valence-electron chi connectivity index (χ0n) is 17.9. The number of carbonyl (C=O) groups is 2. The highest BCUT2D eigenvalue weighted by atomic mass is 19.1. The number of hydrogen-bond donors (Lipinski definition) is 1. The summed E-state index contributed by atoms with van der Waals surface area (Å²) in [5, 5.41) is 2.43. The predicted octanol–water partition coefficient (Wildman–Crippen LogP) is 1.88. The standard InChI is InChI=1S/C20H25F2N7O2/c1-26(2)17-12-16(23-19(25-17)27(3)4)18(30)28-7-9-29(10-8-28)20(31)24-15-6-5-13(21)11-14(15)22/h5-6,11-12H,7-10H2,1-4H3,(H,24,31). The molecule has 0 atom stereocenters. The molecule has 1 aromatic carbocycles. The first-order valence-corrected chi connectivity index (χ1v) is 9.69. The van der Waals surface area contributed by atoms with Gasteiger partial charge in [-0.25, -0.2) is 18.6 Å². The maximum atomic E-state index is 13.8. The van der Waals surface area contributed by atoms with Gasteiger partial charge in [-0.05, 0) is 12.1 Å². The topological polar surface area (TPSA) is 84.9 Å². The molecule has 2 heterocycles. The molecule has 0 radical (unpaired) electrons. The number of anilines is 3. The smallest absolute Gasteiger partial charge is 0.322 e. The number of urea groups is 1. The van der Waals surface area contributed by atoms with Crippen molar-refractivity contribution in [3.05, 3.63) is 41.6 Å². The Morgan fingerprint density at radius 3 is 2.16 bits per heavy atom. The van der Waals surface area contributed by atoms with Crippen molar-refractivity contribution < 1.29 is 18.4 Å². The van der Waals surface area contributed by atoms with E-state index in [9.17, 15) is 18.4 Å². The maximum Gasteiger partial charge on any atom is 0.322 e. The molecule has 1 N–H and O–H groups in total. The second-order valence-electron chi connectivity index (χ2n) is 7.53. The number of piperazine rings is 1. The van der Waals surface area contributed by atoms with E-state index in [-0.39, 0.29) is 30.4 Å². The number of nitrogens with zero attached hydrogens (tertiary/aromatic N) is 6. The lowest BCUT2D eigenvalue weighted by Gasteiger charge is -2.34. The van der Waals surface area contributed by atoms with Crippen LogP contribution in [-0.4, -0.2) is 86.1 Å². The molecule has 11 heteroatoms. The highest BCUT2D eigenvalue weighted by Gasteiger charge is 2.27. The first-order valence-electron chi connectivity index (χ1n) is 9.69. The first-order chi connectivity index (χ1) is 14.7. The van der Waals surface area contributed by atoms with Crippen LogP contribution in [0.3, 0.4) is 0 Å². The van der Waals surface area contributed by atoms with E-state index in [1.807, 2.05) is 14.1 Å². The summed E-state index contributed by atoms with van der Waals surface area (Å²) in [6, 6.07) is 4.07.